The molecule has 0 bridgehead atoms. The summed E-state index contributed by atoms with van der Waals surface area (Å²) in [6.07, 6.45) is 1.02. The number of rotatable bonds is 9. The van der Waals surface area contributed by atoms with E-state index in [0.717, 1.165) is 17.5 Å². The molecule has 0 saturated carbocycles. The summed E-state index contributed by atoms with van der Waals surface area (Å²) in [5.41, 5.74) is 0.478. The predicted molar refractivity (Wildman–Crippen MR) is 110 cm³/mol. The van der Waals surface area contributed by atoms with Crippen LogP contribution in [-0.2, 0) is 0 Å². The van der Waals surface area contributed by atoms with Crippen LogP contribution in [-0.4, -0.2) is 45.2 Å². The molecule has 2 aromatic carbocycles. The molecular formula is C20H26LiO4P. The van der Waals surface area contributed by atoms with Gasteiger partial charge in [0.25, 0.3) is 0 Å². The molecule has 0 aromatic heterocycles. The Labute approximate surface area is 169 Å². The Kier molecular flexibility index (Phi) is 9.81. The fourth-order valence-corrected chi connectivity index (χ4v) is 3.28. The van der Waals surface area contributed by atoms with E-state index in [0.29, 0.717) is 29.6 Å². The van der Waals surface area contributed by atoms with Gasteiger partial charge in [-0.05, 0) is 50.5 Å². The second kappa shape index (κ2) is 11.3. The van der Waals surface area contributed by atoms with Crippen molar-refractivity contribution in [2.45, 2.75) is 20.3 Å². The third-order valence-corrected chi connectivity index (χ3v) is 4.83. The normalized spacial score (nSPS) is 10.7. The monoisotopic (exact) mass is 368 g/mol. The molecule has 0 amide bonds. The first-order chi connectivity index (χ1) is 12.0. The topological polar surface area (TPSA) is 44.8 Å². The summed E-state index contributed by atoms with van der Waals surface area (Å²) in [7, 11) is 3.10. The summed E-state index contributed by atoms with van der Waals surface area (Å²) in [6, 6.07) is 13.0. The third kappa shape index (κ3) is 6.36. The van der Waals surface area contributed by atoms with E-state index in [1.54, 1.807) is 32.4 Å². The maximum absolute atomic E-state index is 12.7. The van der Waals surface area contributed by atoms with Crippen LogP contribution in [0.1, 0.15) is 30.6 Å². The standard InChI is InChI=1S/C20H25O4P.Li.H/c1-14(2)12-13-24-15-8-10-16(11-9-15)25-20(21)19-17(22-3)6-5-7-18(19)23-4;;/h5-11,14,25H,12-13H2,1-4H3;;. The van der Waals surface area contributed by atoms with Crippen molar-refractivity contribution in [3.8, 4) is 17.2 Å². The van der Waals surface area contributed by atoms with Crippen molar-refractivity contribution < 1.29 is 19.0 Å². The van der Waals surface area contributed by atoms with Crippen LogP contribution in [0.4, 0.5) is 0 Å². The molecule has 2 rings (SSSR count). The SMILES string of the molecule is COc1cccc(OC)c1C(=O)Pc1ccc(OCCC(C)C)cc1.[LiH]. The number of carbonyl (C=O) groups excluding carboxylic acids is 1. The van der Waals surface area contributed by atoms with Crippen molar-refractivity contribution in [3.63, 3.8) is 0 Å². The number of ether oxygens (including phenoxy) is 3. The molecule has 6 heteroatoms. The van der Waals surface area contributed by atoms with Crippen molar-refractivity contribution in [2.75, 3.05) is 20.8 Å². The van der Waals surface area contributed by atoms with Crippen LogP contribution in [0.15, 0.2) is 42.5 Å². The summed E-state index contributed by atoms with van der Waals surface area (Å²) >= 11 is 0. The molecule has 1 unspecified atom stereocenters. The van der Waals surface area contributed by atoms with Crippen molar-refractivity contribution in [1.29, 1.82) is 0 Å². The zero-order chi connectivity index (χ0) is 18.2. The van der Waals surface area contributed by atoms with E-state index in [2.05, 4.69) is 13.8 Å². The summed E-state index contributed by atoms with van der Waals surface area (Å²) < 4.78 is 16.3. The van der Waals surface area contributed by atoms with Crippen molar-refractivity contribution in [3.05, 3.63) is 48.0 Å². The zero-order valence-corrected chi connectivity index (χ0v) is 16.2. The van der Waals surface area contributed by atoms with Gasteiger partial charge in [-0.3, -0.25) is 4.79 Å². The molecule has 0 aliphatic heterocycles. The van der Waals surface area contributed by atoms with Gasteiger partial charge < -0.3 is 14.2 Å². The van der Waals surface area contributed by atoms with E-state index >= 15 is 0 Å². The number of carbonyl (C=O) groups is 1. The zero-order valence-electron chi connectivity index (χ0n) is 15.2. The molecule has 0 heterocycles. The minimum absolute atomic E-state index is 0. The molecule has 0 N–H and O–H groups in total. The first kappa shape index (κ1) is 22.6. The van der Waals surface area contributed by atoms with Crippen LogP contribution >= 0.6 is 8.58 Å². The second-order valence-corrected chi connectivity index (χ2v) is 7.33. The summed E-state index contributed by atoms with van der Waals surface area (Å²) in [5, 5.41) is 0.953. The van der Waals surface area contributed by atoms with Gasteiger partial charge in [0.15, 0.2) is 5.52 Å². The molecule has 4 nitrogen and oxygen atoms in total. The molecule has 136 valence electrons. The molecule has 2 aromatic rings. The molecule has 0 saturated heterocycles. The molecule has 0 fully saturated rings. The summed E-state index contributed by atoms with van der Waals surface area (Å²) in [4.78, 5) is 12.7. The Hall–Kier alpha value is -1.46. The van der Waals surface area contributed by atoms with E-state index in [-0.39, 0.29) is 33.0 Å². The van der Waals surface area contributed by atoms with Gasteiger partial charge in [0.1, 0.15) is 22.8 Å². The van der Waals surface area contributed by atoms with Crippen LogP contribution in [0.3, 0.4) is 0 Å². The maximum atomic E-state index is 12.7. The van der Waals surface area contributed by atoms with Crippen LogP contribution in [0.5, 0.6) is 17.2 Å². The summed E-state index contributed by atoms with van der Waals surface area (Å²) in [6.45, 7) is 5.05. The Morgan fingerprint density at radius 3 is 2.08 bits per heavy atom. The van der Waals surface area contributed by atoms with Crippen LogP contribution < -0.4 is 19.5 Å². The second-order valence-electron chi connectivity index (χ2n) is 6.05. The predicted octanol–water partition coefficient (Wildman–Crippen LogP) is 3.62. The van der Waals surface area contributed by atoms with E-state index < -0.39 is 0 Å². The number of benzene rings is 2. The summed E-state index contributed by atoms with van der Waals surface area (Å²) in [5.74, 6) is 2.52. The molecule has 0 radical (unpaired) electrons. The average Bonchev–Trinajstić information content (AvgIpc) is 2.62. The van der Waals surface area contributed by atoms with Crippen LogP contribution in [0.25, 0.3) is 0 Å². The Balaban J connectivity index is 0.00000338. The Morgan fingerprint density at radius 2 is 1.58 bits per heavy atom. The fourth-order valence-electron chi connectivity index (χ4n) is 2.32. The average molecular weight is 368 g/mol. The first-order valence-electron chi connectivity index (χ1n) is 8.30. The third-order valence-electron chi connectivity index (χ3n) is 3.73. The Morgan fingerprint density at radius 1 is 1.00 bits per heavy atom. The number of methoxy groups -OCH3 is 2. The molecule has 0 aliphatic rings. The molecule has 26 heavy (non-hydrogen) atoms. The van der Waals surface area contributed by atoms with Gasteiger partial charge in [-0.1, -0.05) is 32.0 Å². The molecule has 1 atom stereocenters. The molecule has 0 spiro atoms. The van der Waals surface area contributed by atoms with Gasteiger partial charge in [-0.25, -0.2) is 0 Å². The van der Waals surface area contributed by atoms with E-state index in [4.69, 9.17) is 14.2 Å². The molecular weight excluding hydrogens is 342 g/mol. The van der Waals surface area contributed by atoms with Crippen molar-refractivity contribution in [2.24, 2.45) is 5.92 Å². The van der Waals surface area contributed by atoms with Gasteiger partial charge in [0.05, 0.1) is 20.8 Å². The van der Waals surface area contributed by atoms with E-state index in [1.165, 1.54) is 0 Å². The van der Waals surface area contributed by atoms with Gasteiger partial charge >= 0.3 is 18.9 Å². The molecule has 0 aliphatic carbocycles. The van der Waals surface area contributed by atoms with E-state index in [9.17, 15) is 4.79 Å². The number of hydrogen-bond acceptors (Lipinski definition) is 4. The quantitative estimate of drug-likeness (QED) is 0.501. The van der Waals surface area contributed by atoms with Gasteiger partial charge in [0.2, 0.25) is 0 Å². The van der Waals surface area contributed by atoms with E-state index in [1.807, 2.05) is 24.3 Å². The van der Waals surface area contributed by atoms with Gasteiger partial charge in [0, 0.05) is 0 Å². The van der Waals surface area contributed by atoms with Crippen molar-refractivity contribution in [1.82, 2.24) is 0 Å². The van der Waals surface area contributed by atoms with Gasteiger partial charge in [-0.15, -0.1) is 0 Å². The van der Waals surface area contributed by atoms with Crippen molar-refractivity contribution >= 4 is 38.3 Å². The van der Waals surface area contributed by atoms with Gasteiger partial charge in [-0.2, -0.15) is 0 Å². The fraction of sp³-hybridized carbons (Fsp3) is 0.350. The first-order valence-corrected chi connectivity index (χ1v) is 9.30. The van der Waals surface area contributed by atoms with Crippen LogP contribution in [0.2, 0.25) is 0 Å². The number of hydrogen-bond donors (Lipinski definition) is 0. The Bertz CT molecular complexity index is 679. The minimum atomic E-state index is -0.0113. The van der Waals surface area contributed by atoms with Crippen LogP contribution in [0, 0.1) is 5.92 Å².